The summed E-state index contributed by atoms with van der Waals surface area (Å²) in [5.41, 5.74) is 8.49. The molecule has 0 aliphatic rings. The van der Waals surface area contributed by atoms with E-state index in [-0.39, 0.29) is 5.15 Å². The molecule has 2 N–H and O–H groups in total. The van der Waals surface area contributed by atoms with Crippen molar-refractivity contribution >= 4 is 17.3 Å². The minimum atomic E-state index is 0.277. The lowest BCUT2D eigenvalue weighted by atomic mass is 10.1. The van der Waals surface area contributed by atoms with Crippen LogP contribution in [-0.2, 0) is 0 Å². The SMILES string of the molecule is Cc1cc(C#N)cc(C)c1Oc1cc(N)cc(Cl)n1. The van der Waals surface area contributed by atoms with Crippen molar-refractivity contribution in [1.29, 1.82) is 5.26 Å². The molecule has 0 saturated carbocycles. The first-order chi connectivity index (χ1) is 8.99. The standard InChI is InChI=1S/C14H12ClN3O/c1-8-3-10(7-16)4-9(2)14(8)19-13-6-11(17)5-12(15)18-13/h3-6H,1-2H3,(H2,17,18). The molecule has 1 aromatic carbocycles. The molecule has 0 saturated heterocycles. The predicted molar refractivity (Wildman–Crippen MR) is 74.4 cm³/mol. The number of halogens is 1. The van der Waals surface area contributed by atoms with E-state index in [2.05, 4.69) is 11.1 Å². The molecule has 0 amide bonds. The molecule has 2 rings (SSSR count). The number of pyridine rings is 1. The molecule has 0 atom stereocenters. The Balaban J connectivity index is 2.41. The minimum Gasteiger partial charge on any atom is -0.438 e. The Morgan fingerprint density at radius 3 is 2.37 bits per heavy atom. The highest BCUT2D eigenvalue weighted by atomic mass is 35.5. The molecule has 0 spiro atoms. The molecule has 0 radical (unpaired) electrons. The molecule has 96 valence electrons. The first-order valence-corrected chi connectivity index (χ1v) is 5.99. The van der Waals surface area contributed by atoms with E-state index in [1.807, 2.05) is 13.8 Å². The van der Waals surface area contributed by atoms with Crippen LogP contribution in [-0.4, -0.2) is 4.98 Å². The molecule has 0 aliphatic heterocycles. The second-order valence-electron chi connectivity index (χ2n) is 4.21. The van der Waals surface area contributed by atoms with E-state index < -0.39 is 0 Å². The van der Waals surface area contributed by atoms with Gasteiger partial charge in [0.1, 0.15) is 10.9 Å². The zero-order chi connectivity index (χ0) is 14.0. The number of nitrogen functional groups attached to an aromatic ring is 1. The fourth-order valence-electron chi connectivity index (χ4n) is 1.82. The van der Waals surface area contributed by atoms with Crippen LogP contribution in [0.3, 0.4) is 0 Å². The van der Waals surface area contributed by atoms with Gasteiger partial charge in [0.05, 0.1) is 11.6 Å². The van der Waals surface area contributed by atoms with E-state index in [0.717, 1.165) is 11.1 Å². The van der Waals surface area contributed by atoms with Crippen molar-refractivity contribution in [3.05, 3.63) is 46.1 Å². The monoisotopic (exact) mass is 273 g/mol. The summed E-state index contributed by atoms with van der Waals surface area (Å²) in [5.74, 6) is 0.995. The van der Waals surface area contributed by atoms with Gasteiger partial charge in [-0.25, -0.2) is 4.98 Å². The molecule has 19 heavy (non-hydrogen) atoms. The summed E-state index contributed by atoms with van der Waals surface area (Å²) in [7, 11) is 0. The number of nitrogens with zero attached hydrogens (tertiary/aromatic N) is 2. The van der Waals surface area contributed by atoms with Gasteiger partial charge in [0, 0.05) is 11.8 Å². The smallest absolute Gasteiger partial charge is 0.222 e. The fraction of sp³-hybridized carbons (Fsp3) is 0.143. The molecule has 1 aromatic heterocycles. The van der Waals surface area contributed by atoms with Gasteiger partial charge >= 0.3 is 0 Å². The normalized spacial score (nSPS) is 10.0. The van der Waals surface area contributed by atoms with E-state index in [0.29, 0.717) is 22.9 Å². The van der Waals surface area contributed by atoms with Crippen LogP contribution < -0.4 is 10.5 Å². The van der Waals surface area contributed by atoms with Crippen molar-refractivity contribution in [2.24, 2.45) is 0 Å². The number of rotatable bonds is 2. The lowest BCUT2D eigenvalue weighted by Crippen LogP contribution is -1.96. The Kier molecular flexibility index (Phi) is 3.59. The highest BCUT2D eigenvalue weighted by Gasteiger charge is 2.09. The minimum absolute atomic E-state index is 0.277. The Morgan fingerprint density at radius 2 is 1.84 bits per heavy atom. The van der Waals surface area contributed by atoms with E-state index >= 15 is 0 Å². The number of aromatic nitrogens is 1. The van der Waals surface area contributed by atoms with Gasteiger partial charge in [-0.05, 0) is 43.2 Å². The van der Waals surface area contributed by atoms with Crippen LogP contribution in [0.25, 0.3) is 0 Å². The summed E-state index contributed by atoms with van der Waals surface area (Å²) in [5, 5.41) is 9.18. The number of benzene rings is 1. The maximum absolute atomic E-state index is 8.90. The summed E-state index contributed by atoms with van der Waals surface area (Å²) in [6.07, 6.45) is 0. The summed E-state index contributed by atoms with van der Waals surface area (Å²) >= 11 is 5.83. The van der Waals surface area contributed by atoms with E-state index in [1.165, 1.54) is 0 Å². The molecule has 0 unspecified atom stereocenters. The van der Waals surface area contributed by atoms with Crippen LogP contribution in [0.4, 0.5) is 5.69 Å². The fourth-order valence-corrected chi connectivity index (χ4v) is 2.03. The predicted octanol–water partition coefficient (Wildman–Crippen LogP) is 3.60. The van der Waals surface area contributed by atoms with Gasteiger partial charge in [0.25, 0.3) is 0 Å². The number of hydrogen-bond acceptors (Lipinski definition) is 4. The van der Waals surface area contributed by atoms with Crippen LogP contribution in [0.2, 0.25) is 5.15 Å². The summed E-state index contributed by atoms with van der Waals surface area (Å²) < 4.78 is 5.72. The van der Waals surface area contributed by atoms with Crippen molar-refractivity contribution in [3.63, 3.8) is 0 Å². The molecular formula is C14H12ClN3O. The quantitative estimate of drug-likeness (QED) is 0.849. The second-order valence-corrected chi connectivity index (χ2v) is 4.60. The molecule has 0 bridgehead atoms. The van der Waals surface area contributed by atoms with Crippen molar-refractivity contribution in [2.75, 3.05) is 5.73 Å². The second kappa shape index (κ2) is 5.17. The van der Waals surface area contributed by atoms with Gasteiger partial charge < -0.3 is 10.5 Å². The average molecular weight is 274 g/mol. The number of ether oxygens (including phenoxy) is 1. The van der Waals surface area contributed by atoms with Crippen LogP contribution in [0.15, 0.2) is 24.3 Å². The third kappa shape index (κ3) is 2.95. The Bertz CT molecular complexity index is 634. The van der Waals surface area contributed by atoms with E-state index in [4.69, 9.17) is 27.3 Å². The maximum atomic E-state index is 8.90. The zero-order valence-electron chi connectivity index (χ0n) is 10.6. The highest BCUT2D eigenvalue weighted by molar-refractivity contribution is 6.29. The number of hydrogen-bond donors (Lipinski definition) is 1. The highest BCUT2D eigenvalue weighted by Crippen LogP contribution is 2.30. The topological polar surface area (TPSA) is 71.9 Å². The van der Waals surface area contributed by atoms with Crippen LogP contribution in [0.5, 0.6) is 11.6 Å². The first kappa shape index (κ1) is 13.2. The van der Waals surface area contributed by atoms with Gasteiger partial charge in [-0.15, -0.1) is 0 Å². The molecular weight excluding hydrogens is 262 g/mol. The Labute approximate surface area is 116 Å². The van der Waals surface area contributed by atoms with E-state index in [9.17, 15) is 0 Å². The van der Waals surface area contributed by atoms with Crippen molar-refractivity contribution in [2.45, 2.75) is 13.8 Å². The summed E-state index contributed by atoms with van der Waals surface area (Å²) in [6.45, 7) is 3.74. The third-order valence-corrected chi connectivity index (χ3v) is 2.78. The van der Waals surface area contributed by atoms with Crippen LogP contribution in [0.1, 0.15) is 16.7 Å². The molecule has 4 nitrogen and oxygen atoms in total. The van der Waals surface area contributed by atoms with Gasteiger partial charge in [-0.1, -0.05) is 11.6 Å². The number of nitrogens with two attached hydrogens (primary N) is 1. The molecule has 5 heteroatoms. The Morgan fingerprint density at radius 1 is 1.21 bits per heavy atom. The maximum Gasteiger partial charge on any atom is 0.222 e. The zero-order valence-corrected chi connectivity index (χ0v) is 11.3. The molecule has 1 heterocycles. The first-order valence-electron chi connectivity index (χ1n) is 5.62. The van der Waals surface area contributed by atoms with Gasteiger partial charge in [-0.3, -0.25) is 0 Å². The number of aryl methyl sites for hydroxylation is 2. The lowest BCUT2D eigenvalue weighted by Gasteiger charge is -2.12. The summed E-state index contributed by atoms with van der Waals surface area (Å²) in [4.78, 5) is 4.05. The molecule has 0 aliphatic carbocycles. The van der Waals surface area contributed by atoms with Gasteiger partial charge in [0.2, 0.25) is 5.88 Å². The molecule has 2 aromatic rings. The lowest BCUT2D eigenvalue weighted by molar-refractivity contribution is 0.456. The molecule has 0 fully saturated rings. The van der Waals surface area contributed by atoms with Crippen molar-refractivity contribution in [3.8, 4) is 17.7 Å². The summed E-state index contributed by atoms with van der Waals surface area (Å²) in [6, 6.07) is 8.77. The van der Waals surface area contributed by atoms with Crippen LogP contribution >= 0.6 is 11.6 Å². The van der Waals surface area contributed by atoms with Gasteiger partial charge in [-0.2, -0.15) is 5.26 Å². The van der Waals surface area contributed by atoms with Crippen molar-refractivity contribution < 1.29 is 4.74 Å². The van der Waals surface area contributed by atoms with Crippen LogP contribution in [0, 0.1) is 25.2 Å². The van der Waals surface area contributed by atoms with Gasteiger partial charge in [0.15, 0.2) is 0 Å². The average Bonchev–Trinajstić information content (AvgIpc) is 2.32. The third-order valence-electron chi connectivity index (χ3n) is 2.59. The largest absolute Gasteiger partial charge is 0.438 e. The Hall–Kier alpha value is -2.25. The van der Waals surface area contributed by atoms with Crippen molar-refractivity contribution in [1.82, 2.24) is 4.98 Å². The van der Waals surface area contributed by atoms with E-state index in [1.54, 1.807) is 24.3 Å². The number of nitriles is 1. The number of anilines is 1.